The van der Waals surface area contributed by atoms with Crippen molar-refractivity contribution in [3.63, 3.8) is 0 Å². The van der Waals surface area contributed by atoms with Gasteiger partial charge in [-0.15, -0.1) is 0 Å². The summed E-state index contributed by atoms with van der Waals surface area (Å²) in [7, 11) is 0. The van der Waals surface area contributed by atoms with Gasteiger partial charge < -0.3 is 0 Å². The number of ketones is 1. The molecule has 1 aromatic heterocycles. The van der Waals surface area contributed by atoms with E-state index in [2.05, 4.69) is 41.5 Å². The number of carbonyl (C=O) groups is 1. The van der Waals surface area contributed by atoms with Crippen LogP contribution >= 0.6 is 0 Å². The van der Waals surface area contributed by atoms with E-state index in [4.69, 9.17) is 0 Å². The van der Waals surface area contributed by atoms with Crippen LogP contribution in [-0.4, -0.2) is 15.6 Å². The first kappa shape index (κ1) is 17.0. The van der Waals surface area contributed by atoms with Gasteiger partial charge in [0.2, 0.25) is 0 Å². The zero-order valence-corrected chi connectivity index (χ0v) is 15.1. The van der Waals surface area contributed by atoms with Gasteiger partial charge in [-0.1, -0.05) is 91.0 Å². The number of carbonyl (C=O) groups excluding carboxylic acids is 1. The molecule has 0 saturated heterocycles. The van der Waals surface area contributed by atoms with Crippen molar-refractivity contribution in [2.75, 3.05) is 0 Å². The summed E-state index contributed by atoms with van der Waals surface area (Å²) in [6.07, 6.45) is 3.49. The highest BCUT2D eigenvalue weighted by atomic mass is 16.1. The van der Waals surface area contributed by atoms with E-state index in [0.717, 1.165) is 16.7 Å². The van der Waals surface area contributed by atoms with Gasteiger partial charge in [-0.25, -0.2) is 0 Å². The van der Waals surface area contributed by atoms with E-state index < -0.39 is 5.54 Å². The van der Waals surface area contributed by atoms with Gasteiger partial charge in [-0.05, 0) is 23.6 Å². The van der Waals surface area contributed by atoms with Crippen molar-refractivity contribution < 1.29 is 4.79 Å². The Morgan fingerprint density at radius 3 is 1.48 bits per heavy atom. The van der Waals surface area contributed by atoms with Crippen LogP contribution in [0.5, 0.6) is 0 Å². The highest BCUT2D eigenvalue weighted by Gasteiger charge is 2.39. The smallest absolute Gasteiger partial charge is 0.162 e. The highest BCUT2D eigenvalue weighted by Crippen LogP contribution is 2.40. The van der Waals surface area contributed by atoms with Crippen LogP contribution in [-0.2, 0) is 5.54 Å². The summed E-state index contributed by atoms with van der Waals surface area (Å²) in [5.41, 5.74) is 3.18. The Bertz CT molecular complexity index is 941. The number of benzene rings is 3. The van der Waals surface area contributed by atoms with Crippen LogP contribution in [0.15, 0.2) is 103 Å². The number of rotatable bonds is 5. The molecule has 3 nitrogen and oxygen atoms in total. The first-order chi connectivity index (χ1) is 13.2. The lowest BCUT2D eigenvalue weighted by atomic mass is 9.77. The third-order valence-electron chi connectivity index (χ3n) is 4.91. The second-order valence-electron chi connectivity index (χ2n) is 6.54. The summed E-state index contributed by atoms with van der Waals surface area (Å²) >= 11 is 0. The van der Waals surface area contributed by atoms with Crippen molar-refractivity contribution >= 4 is 5.78 Å². The van der Waals surface area contributed by atoms with Crippen molar-refractivity contribution in [2.45, 2.75) is 12.5 Å². The van der Waals surface area contributed by atoms with Gasteiger partial charge >= 0.3 is 0 Å². The van der Waals surface area contributed by atoms with Crippen LogP contribution in [0, 0.1) is 0 Å². The monoisotopic (exact) mass is 352 g/mol. The minimum Gasteiger partial charge on any atom is -0.294 e. The van der Waals surface area contributed by atoms with Crippen molar-refractivity contribution in [3.8, 4) is 0 Å². The molecule has 0 aliphatic heterocycles. The van der Waals surface area contributed by atoms with Crippen LogP contribution < -0.4 is 0 Å². The zero-order valence-electron chi connectivity index (χ0n) is 15.1. The second-order valence-corrected chi connectivity index (χ2v) is 6.54. The largest absolute Gasteiger partial charge is 0.294 e. The molecule has 0 aliphatic carbocycles. The van der Waals surface area contributed by atoms with Crippen molar-refractivity contribution in [1.82, 2.24) is 9.78 Å². The molecule has 4 rings (SSSR count). The van der Waals surface area contributed by atoms with Crippen LogP contribution in [0.2, 0.25) is 0 Å². The summed E-state index contributed by atoms with van der Waals surface area (Å²) in [6, 6.07) is 30.9. The molecule has 4 aromatic rings. The second kappa shape index (κ2) is 7.04. The molecule has 3 aromatic carbocycles. The Labute approximate surface area is 158 Å². The molecule has 0 fully saturated rings. The number of Topliss-reactive ketones (excluding diaryl/α,β-unsaturated/α-hetero) is 1. The maximum atomic E-state index is 11.9. The quantitative estimate of drug-likeness (QED) is 0.377. The van der Waals surface area contributed by atoms with E-state index in [9.17, 15) is 4.79 Å². The Hall–Kier alpha value is -3.46. The molecular formula is C24H20N2O. The molecule has 0 radical (unpaired) electrons. The van der Waals surface area contributed by atoms with E-state index in [0.29, 0.717) is 5.56 Å². The molecule has 132 valence electrons. The van der Waals surface area contributed by atoms with Crippen molar-refractivity contribution in [1.29, 1.82) is 0 Å². The topological polar surface area (TPSA) is 34.9 Å². The minimum absolute atomic E-state index is 0.00401. The van der Waals surface area contributed by atoms with E-state index in [1.54, 1.807) is 13.1 Å². The van der Waals surface area contributed by atoms with Crippen LogP contribution in [0.3, 0.4) is 0 Å². The molecule has 1 heterocycles. The van der Waals surface area contributed by atoms with Gasteiger partial charge in [0.25, 0.3) is 0 Å². The average molecular weight is 352 g/mol. The predicted molar refractivity (Wildman–Crippen MR) is 107 cm³/mol. The van der Waals surface area contributed by atoms with Crippen molar-refractivity contribution in [2.24, 2.45) is 0 Å². The SMILES string of the molecule is CC(=O)c1cnn(C(c2ccccc2)(c2ccccc2)c2ccccc2)c1. The third kappa shape index (κ3) is 2.87. The lowest BCUT2D eigenvalue weighted by molar-refractivity contribution is 0.101. The van der Waals surface area contributed by atoms with E-state index in [-0.39, 0.29) is 5.78 Å². The van der Waals surface area contributed by atoms with Gasteiger partial charge in [0.05, 0.1) is 11.8 Å². The van der Waals surface area contributed by atoms with Gasteiger partial charge in [0.1, 0.15) is 5.54 Å². The first-order valence-electron chi connectivity index (χ1n) is 8.95. The van der Waals surface area contributed by atoms with Gasteiger partial charge in [-0.3, -0.25) is 9.48 Å². The molecule has 0 amide bonds. The Morgan fingerprint density at radius 2 is 1.15 bits per heavy atom. The van der Waals surface area contributed by atoms with Crippen LogP contribution in [0.4, 0.5) is 0 Å². The number of hydrogen-bond acceptors (Lipinski definition) is 2. The fraction of sp³-hybridized carbons (Fsp3) is 0.0833. The maximum absolute atomic E-state index is 11.9. The normalized spacial score (nSPS) is 11.3. The van der Waals surface area contributed by atoms with Gasteiger partial charge in [-0.2, -0.15) is 5.10 Å². The van der Waals surface area contributed by atoms with Gasteiger partial charge in [0, 0.05) is 6.20 Å². The Balaban J connectivity index is 2.10. The summed E-state index contributed by atoms with van der Waals surface area (Å²) in [5, 5.41) is 4.63. The summed E-state index contributed by atoms with van der Waals surface area (Å²) < 4.78 is 1.91. The molecule has 0 unspecified atom stereocenters. The number of aromatic nitrogens is 2. The molecule has 0 N–H and O–H groups in total. The molecule has 0 aliphatic rings. The molecule has 0 bridgehead atoms. The third-order valence-corrected chi connectivity index (χ3v) is 4.91. The molecule has 27 heavy (non-hydrogen) atoms. The fourth-order valence-corrected chi connectivity index (χ4v) is 3.62. The van der Waals surface area contributed by atoms with Gasteiger partial charge in [0.15, 0.2) is 5.78 Å². The summed E-state index contributed by atoms with van der Waals surface area (Å²) in [4.78, 5) is 11.9. The Kier molecular flexibility index (Phi) is 4.43. The number of nitrogens with zero attached hydrogens (tertiary/aromatic N) is 2. The predicted octanol–water partition coefficient (Wildman–Crippen LogP) is 4.93. The lowest BCUT2D eigenvalue weighted by Crippen LogP contribution is -2.38. The highest BCUT2D eigenvalue weighted by molar-refractivity contribution is 5.93. The molecular weight excluding hydrogens is 332 g/mol. The van der Waals surface area contributed by atoms with E-state index in [1.807, 2.05) is 65.5 Å². The fourth-order valence-electron chi connectivity index (χ4n) is 3.62. The Morgan fingerprint density at radius 1 is 0.741 bits per heavy atom. The molecule has 0 atom stereocenters. The standard InChI is InChI=1S/C24H20N2O/c1-19(27)20-17-25-26(18-20)24(21-11-5-2-6-12-21,22-13-7-3-8-14-22)23-15-9-4-10-16-23/h2-18H,1H3. The maximum Gasteiger partial charge on any atom is 0.162 e. The molecule has 3 heteroatoms. The van der Waals surface area contributed by atoms with E-state index in [1.165, 1.54) is 0 Å². The lowest BCUT2D eigenvalue weighted by Gasteiger charge is -2.36. The van der Waals surface area contributed by atoms with Crippen LogP contribution in [0.25, 0.3) is 0 Å². The van der Waals surface area contributed by atoms with Crippen molar-refractivity contribution in [3.05, 3.63) is 126 Å². The summed E-state index contributed by atoms with van der Waals surface area (Å²) in [6.45, 7) is 1.57. The zero-order chi connectivity index (χ0) is 18.7. The molecule has 0 saturated carbocycles. The van der Waals surface area contributed by atoms with Crippen LogP contribution in [0.1, 0.15) is 34.0 Å². The number of hydrogen-bond donors (Lipinski definition) is 0. The summed E-state index contributed by atoms with van der Waals surface area (Å²) in [5.74, 6) is 0.00401. The van der Waals surface area contributed by atoms with E-state index >= 15 is 0 Å². The minimum atomic E-state index is -0.669. The molecule has 0 spiro atoms. The average Bonchev–Trinajstić information content (AvgIpc) is 3.22. The first-order valence-corrected chi connectivity index (χ1v) is 8.95.